The van der Waals surface area contributed by atoms with Gasteiger partial charge in [0.15, 0.2) is 0 Å². The van der Waals surface area contributed by atoms with Gasteiger partial charge in [0.25, 0.3) is 0 Å². The maximum Gasteiger partial charge on any atom is 0.139 e. The molecule has 164 valence electrons. The molecule has 0 saturated carbocycles. The first-order valence-electron chi connectivity index (χ1n) is 10.4. The quantitative estimate of drug-likeness (QED) is 0.322. The average Bonchev–Trinajstić information content (AvgIpc) is 3.43. The third-order valence-corrected chi connectivity index (χ3v) is 6.47. The maximum absolute atomic E-state index is 10.6. The third-order valence-electron chi connectivity index (χ3n) is 5.36. The largest absolute Gasteiger partial charge is 0.510 e. The molecular formula is C26H20ClN3O2S. The monoisotopic (exact) mass is 473 g/mol. The smallest absolute Gasteiger partial charge is 0.139 e. The van der Waals surface area contributed by atoms with Crippen LogP contribution >= 0.6 is 22.9 Å². The van der Waals surface area contributed by atoms with Crippen molar-refractivity contribution in [1.29, 1.82) is 5.41 Å². The Labute approximate surface area is 200 Å². The first kappa shape index (κ1) is 21.2. The van der Waals surface area contributed by atoms with E-state index in [0.717, 1.165) is 28.3 Å². The molecule has 3 aromatic carbocycles. The lowest BCUT2D eigenvalue weighted by molar-refractivity contribution is 0.306. The van der Waals surface area contributed by atoms with E-state index < -0.39 is 0 Å². The predicted molar refractivity (Wildman–Crippen MR) is 134 cm³/mol. The number of thiazole rings is 1. The minimum atomic E-state index is 0.140. The number of aliphatic hydroxyl groups excluding tert-OH is 1. The summed E-state index contributed by atoms with van der Waals surface area (Å²) in [5.41, 5.74) is 4.10. The Morgan fingerprint density at radius 1 is 1.00 bits per heavy atom. The number of halogens is 1. The number of hydrogen-bond donors (Lipinski definition) is 2. The summed E-state index contributed by atoms with van der Waals surface area (Å²) in [4.78, 5) is 6.42. The summed E-state index contributed by atoms with van der Waals surface area (Å²) in [5.74, 6) is 1.11. The first-order valence-corrected chi connectivity index (χ1v) is 11.6. The summed E-state index contributed by atoms with van der Waals surface area (Å²) < 4.78 is 5.85. The second kappa shape index (κ2) is 9.10. The summed E-state index contributed by atoms with van der Waals surface area (Å²) in [6, 6.07) is 25.0. The van der Waals surface area contributed by atoms with E-state index in [9.17, 15) is 5.11 Å². The molecule has 0 radical (unpaired) electrons. The number of nitrogens with zero attached hydrogens (tertiary/aromatic N) is 2. The Kier molecular flexibility index (Phi) is 5.86. The summed E-state index contributed by atoms with van der Waals surface area (Å²) >= 11 is 7.38. The number of aliphatic hydroxyl groups is 1. The molecule has 33 heavy (non-hydrogen) atoms. The normalized spacial score (nSPS) is 13.6. The molecule has 0 saturated heterocycles. The fraction of sp³-hybridized carbons (Fsp3) is 0.0769. The van der Waals surface area contributed by atoms with Crippen molar-refractivity contribution in [3.05, 3.63) is 106 Å². The van der Waals surface area contributed by atoms with Crippen LogP contribution in [0.2, 0.25) is 5.02 Å². The van der Waals surface area contributed by atoms with Crippen LogP contribution in [0.3, 0.4) is 0 Å². The van der Waals surface area contributed by atoms with Crippen LogP contribution in [0.1, 0.15) is 10.6 Å². The van der Waals surface area contributed by atoms with Gasteiger partial charge in [-0.05, 0) is 42.0 Å². The van der Waals surface area contributed by atoms with Crippen LogP contribution in [0.5, 0.6) is 5.75 Å². The molecule has 0 spiro atoms. The molecule has 0 unspecified atom stereocenters. The van der Waals surface area contributed by atoms with Crippen LogP contribution in [0, 0.1) is 5.41 Å². The van der Waals surface area contributed by atoms with Gasteiger partial charge in [0, 0.05) is 21.7 Å². The van der Waals surface area contributed by atoms with Gasteiger partial charge in [-0.25, -0.2) is 4.98 Å². The van der Waals surface area contributed by atoms with Gasteiger partial charge in [0.05, 0.1) is 17.8 Å². The lowest BCUT2D eigenvalue weighted by atomic mass is 10.2. The highest BCUT2D eigenvalue weighted by Crippen LogP contribution is 2.35. The fourth-order valence-corrected chi connectivity index (χ4v) is 4.65. The Morgan fingerprint density at radius 3 is 2.45 bits per heavy atom. The highest BCUT2D eigenvalue weighted by molar-refractivity contribution is 7.11. The number of nitrogens with one attached hydrogen (secondary N) is 1. The molecule has 1 aliphatic heterocycles. The van der Waals surface area contributed by atoms with Crippen LogP contribution < -0.4 is 9.64 Å². The van der Waals surface area contributed by atoms with Gasteiger partial charge in [-0.3, -0.25) is 5.41 Å². The minimum Gasteiger partial charge on any atom is -0.510 e. The van der Waals surface area contributed by atoms with Gasteiger partial charge >= 0.3 is 0 Å². The van der Waals surface area contributed by atoms with E-state index in [1.165, 1.54) is 11.3 Å². The van der Waals surface area contributed by atoms with E-state index in [1.807, 2.05) is 84.2 Å². The van der Waals surface area contributed by atoms with Crippen molar-refractivity contribution in [1.82, 2.24) is 4.98 Å². The van der Waals surface area contributed by atoms with E-state index >= 15 is 0 Å². The third kappa shape index (κ3) is 4.49. The Balaban J connectivity index is 1.29. The predicted octanol–water partition coefficient (Wildman–Crippen LogP) is 6.81. The summed E-state index contributed by atoms with van der Waals surface area (Å²) in [7, 11) is 0. The Bertz CT molecular complexity index is 1320. The molecule has 0 atom stereocenters. The van der Waals surface area contributed by atoms with Crippen molar-refractivity contribution in [3.63, 3.8) is 0 Å². The number of anilines is 1. The summed E-state index contributed by atoms with van der Waals surface area (Å²) in [6.07, 6.45) is 0. The molecular weight excluding hydrogens is 454 g/mol. The van der Waals surface area contributed by atoms with Crippen molar-refractivity contribution >= 4 is 40.0 Å². The lowest BCUT2D eigenvalue weighted by Gasteiger charge is -2.19. The minimum absolute atomic E-state index is 0.140. The molecule has 5 rings (SSSR count). The zero-order valence-electron chi connectivity index (χ0n) is 17.5. The summed E-state index contributed by atoms with van der Waals surface area (Å²) in [6.45, 7) is 0.723. The van der Waals surface area contributed by atoms with E-state index in [2.05, 4.69) is 4.98 Å². The van der Waals surface area contributed by atoms with Crippen molar-refractivity contribution in [2.24, 2.45) is 0 Å². The standard InChI is InChI=1S/C26H20ClN3O2S/c27-19-8-6-18(7-9-19)22-16-33-26(29-22)24-23(31)14-30(25(24)28)20-10-12-21(13-11-20)32-15-17-4-2-1-3-5-17/h1-13,16,28,31H,14-15H2. The average molecular weight is 474 g/mol. The molecule has 2 N–H and O–H groups in total. The number of hydrogen-bond acceptors (Lipinski definition) is 5. The SMILES string of the molecule is N=C1C(c2nc(-c3ccc(Cl)cc3)cs2)=C(O)CN1c1ccc(OCc2ccccc2)cc1. The van der Waals surface area contributed by atoms with Crippen LogP contribution in [-0.2, 0) is 6.61 Å². The first-order chi connectivity index (χ1) is 16.1. The van der Waals surface area contributed by atoms with E-state index in [-0.39, 0.29) is 18.1 Å². The van der Waals surface area contributed by atoms with E-state index in [0.29, 0.717) is 22.2 Å². The van der Waals surface area contributed by atoms with E-state index in [4.69, 9.17) is 21.7 Å². The van der Waals surface area contributed by atoms with Gasteiger partial charge in [-0.1, -0.05) is 54.1 Å². The Morgan fingerprint density at radius 2 is 1.73 bits per heavy atom. The molecule has 1 aliphatic rings. The molecule has 4 aromatic rings. The number of ether oxygens (including phenoxy) is 1. The number of rotatable bonds is 6. The molecule has 0 fully saturated rings. The molecule has 5 nitrogen and oxygen atoms in total. The summed E-state index contributed by atoms with van der Waals surface area (Å²) in [5, 5.41) is 22.5. The molecule has 2 heterocycles. The topological polar surface area (TPSA) is 69.4 Å². The number of amidine groups is 1. The van der Waals surface area contributed by atoms with Crippen molar-refractivity contribution < 1.29 is 9.84 Å². The molecule has 0 aliphatic carbocycles. The molecule has 0 amide bonds. The van der Waals surface area contributed by atoms with Gasteiger partial charge in [0.2, 0.25) is 0 Å². The van der Waals surface area contributed by atoms with Gasteiger partial charge in [-0.2, -0.15) is 0 Å². The van der Waals surface area contributed by atoms with Crippen LogP contribution in [-0.4, -0.2) is 22.5 Å². The number of benzene rings is 3. The second-order valence-corrected chi connectivity index (χ2v) is 8.86. The zero-order chi connectivity index (χ0) is 22.8. The molecule has 7 heteroatoms. The van der Waals surface area contributed by atoms with Crippen LogP contribution in [0.4, 0.5) is 5.69 Å². The molecule has 1 aromatic heterocycles. The van der Waals surface area contributed by atoms with E-state index in [1.54, 1.807) is 4.90 Å². The lowest BCUT2D eigenvalue weighted by Crippen LogP contribution is -2.25. The second-order valence-electron chi connectivity index (χ2n) is 7.57. The highest BCUT2D eigenvalue weighted by atomic mass is 35.5. The zero-order valence-corrected chi connectivity index (χ0v) is 19.1. The molecule has 0 bridgehead atoms. The van der Waals surface area contributed by atoms with Gasteiger partial charge in [-0.15, -0.1) is 11.3 Å². The van der Waals surface area contributed by atoms with Crippen molar-refractivity contribution in [2.45, 2.75) is 6.61 Å². The highest BCUT2D eigenvalue weighted by Gasteiger charge is 2.31. The van der Waals surface area contributed by atoms with Crippen molar-refractivity contribution in [3.8, 4) is 17.0 Å². The Hall–Kier alpha value is -3.61. The van der Waals surface area contributed by atoms with Crippen molar-refractivity contribution in [2.75, 3.05) is 11.4 Å². The number of aromatic nitrogens is 1. The van der Waals surface area contributed by atoms with Gasteiger partial charge < -0.3 is 14.7 Å². The van der Waals surface area contributed by atoms with Crippen LogP contribution in [0.25, 0.3) is 16.8 Å². The van der Waals surface area contributed by atoms with Crippen LogP contribution in [0.15, 0.2) is 90.0 Å². The maximum atomic E-state index is 10.6. The van der Waals surface area contributed by atoms with Gasteiger partial charge in [0.1, 0.15) is 29.0 Å². The fourth-order valence-electron chi connectivity index (χ4n) is 3.63.